The van der Waals surface area contributed by atoms with Crippen LogP contribution in [0, 0.1) is 11.3 Å². The zero-order valence-corrected chi connectivity index (χ0v) is 13.3. The molecule has 0 amide bonds. The van der Waals surface area contributed by atoms with Crippen molar-refractivity contribution in [3.05, 3.63) is 18.0 Å². The van der Waals surface area contributed by atoms with Crippen molar-refractivity contribution in [3.63, 3.8) is 0 Å². The van der Waals surface area contributed by atoms with E-state index in [0.29, 0.717) is 11.3 Å². The Labute approximate surface area is 122 Å². The number of aryl methyl sites for hydroxylation is 1. The van der Waals surface area contributed by atoms with E-state index in [4.69, 9.17) is 0 Å². The van der Waals surface area contributed by atoms with Gasteiger partial charge in [0.1, 0.15) is 0 Å². The zero-order valence-electron chi connectivity index (χ0n) is 13.3. The van der Waals surface area contributed by atoms with Gasteiger partial charge in [0.15, 0.2) is 0 Å². The van der Waals surface area contributed by atoms with Gasteiger partial charge in [-0.3, -0.25) is 4.68 Å². The number of rotatable bonds is 5. The first-order valence-corrected chi connectivity index (χ1v) is 7.75. The van der Waals surface area contributed by atoms with Crippen molar-refractivity contribution in [2.24, 2.45) is 11.3 Å². The van der Waals surface area contributed by atoms with Gasteiger partial charge in [-0.15, -0.1) is 0 Å². The van der Waals surface area contributed by atoms with Crippen LogP contribution in [-0.2, 0) is 13.1 Å². The minimum Gasteiger partial charge on any atom is -0.394 e. The molecule has 4 nitrogen and oxygen atoms in total. The molecule has 2 atom stereocenters. The summed E-state index contributed by atoms with van der Waals surface area (Å²) in [6.45, 7) is 10.9. The molecule has 0 aliphatic heterocycles. The Balaban J connectivity index is 2.03. The highest BCUT2D eigenvalue weighted by atomic mass is 16.3. The van der Waals surface area contributed by atoms with E-state index in [9.17, 15) is 5.11 Å². The van der Waals surface area contributed by atoms with Gasteiger partial charge in [0, 0.05) is 30.4 Å². The molecule has 1 heterocycles. The number of hydrogen-bond donors (Lipinski definition) is 2. The number of aliphatic hydroxyl groups excluding tert-OH is 1. The highest BCUT2D eigenvalue weighted by Gasteiger charge is 2.42. The fraction of sp³-hybridized carbons (Fsp3) is 0.812. The molecule has 2 rings (SSSR count). The molecule has 20 heavy (non-hydrogen) atoms. The average molecular weight is 279 g/mol. The van der Waals surface area contributed by atoms with Crippen LogP contribution in [0.15, 0.2) is 12.4 Å². The minimum absolute atomic E-state index is 0.143. The molecule has 1 aliphatic rings. The molecule has 1 aliphatic carbocycles. The molecule has 0 saturated heterocycles. The van der Waals surface area contributed by atoms with Gasteiger partial charge in [-0.2, -0.15) is 5.10 Å². The summed E-state index contributed by atoms with van der Waals surface area (Å²) < 4.78 is 1.94. The molecule has 0 aromatic carbocycles. The monoisotopic (exact) mass is 279 g/mol. The van der Waals surface area contributed by atoms with Gasteiger partial charge in [-0.05, 0) is 37.5 Å². The summed E-state index contributed by atoms with van der Waals surface area (Å²) in [6.07, 6.45) is 7.32. The quantitative estimate of drug-likeness (QED) is 0.871. The first kappa shape index (κ1) is 15.5. The Morgan fingerprint density at radius 2 is 2.20 bits per heavy atom. The van der Waals surface area contributed by atoms with Gasteiger partial charge in [-0.25, -0.2) is 0 Å². The lowest BCUT2D eigenvalue weighted by molar-refractivity contribution is 0.0352. The SMILES string of the molecule is CCn1cc(CNC2(CO)CC(C)CC(C)(C)C2)cn1. The van der Waals surface area contributed by atoms with Crippen LogP contribution in [0.4, 0.5) is 0 Å². The van der Waals surface area contributed by atoms with Crippen molar-refractivity contribution in [2.45, 2.75) is 65.6 Å². The van der Waals surface area contributed by atoms with Crippen LogP contribution in [0.2, 0.25) is 0 Å². The van der Waals surface area contributed by atoms with Crippen molar-refractivity contribution in [1.29, 1.82) is 0 Å². The van der Waals surface area contributed by atoms with Crippen molar-refractivity contribution >= 4 is 0 Å². The summed E-state index contributed by atoms with van der Waals surface area (Å²) in [5, 5.41) is 17.9. The Morgan fingerprint density at radius 1 is 1.45 bits per heavy atom. The van der Waals surface area contributed by atoms with E-state index in [2.05, 4.69) is 44.3 Å². The van der Waals surface area contributed by atoms with Crippen LogP contribution in [-0.4, -0.2) is 27.0 Å². The van der Waals surface area contributed by atoms with Gasteiger partial charge < -0.3 is 10.4 Å². The smallest absolute Gasteiger partial charge is 0.0613 e. The van der Waals surface area contributed by atoms with Crippen LogP contribution in [0.25, 0.3) is 0 Å². The topological polar surface area (TPSA) is 50.1 Å². The second kappa shape index (κ2) is 5.86. The third-order valence-corrected chi connectivity index (χ3v) is 4.44. The number of hydrogen-bond acceptors (Lipinski definition) is 3. The summed E-state index contributed by atoms with van der Waals surface area (Å²) in [6, 6.07) is 0. The lowest BCUT2D eigenvalue weighted by Crippen LogP contribution is -2.54. The maximum atomic E-state index is 9.94. The van der Waals surface area contributed by atoms with Crippen molar-refractivity contribution in [2.75, 3.05) is 6.61 Å². The molecule has 1 aromatic rings. The summed E-state index contributed by atoms with van der Waals surface area (Å²) >= 11 is 0. The molecule has 2 N–H and O–H groups in total. The largest absolute Gasteiger partial charge is 0.394 e. The summed E-state index contributed by atoms with van der Waals surface area (Å²) in [4.78, 5) is 0. The van der Waals surface area contributed by atoms with E-state index in [1.54, 1.807) is 0 Å². The minimum atomic E-state index is -0.143. The van der Waals surface area contributed by atoms with E-state index in [-0.39, 0.29) is 12.1 Å². The fourth-order valence-corrected chi connectivity index (χ4v) is 4.01. The molecule has 1 aromatic heterocycles. The number of aromatic nitrogens is 2. The van der Waals surface area contributed by atoms with E-state index in [1.807, 2.05) is 10.9 Å². The van der Waals surface area contributed by atoms with Gasteiger partial charge in [0.25, 0.3) is 0 Å². The zero-order chi connectivity index (χ0) is 14.8. The second-order valence-electron chi connectivity index (χ2n) is 7.35. The molecule has 0 spiro atoms. The lowest BCUT2D eigenvalue weighted by atomic mass is 9.64. The Bertz CT molecular complexity index is 441. The first-order chi connectivity index (χ1) is 9.38. The first-order valence-electron chi connectivity index (χ1n) is 7.75. The van der Waals surface area contributed by atoms with Gasteiger partial charge in [0.2, 0.25) is 0 Å². The molecular formula is C16H29N3O. The molecule has 1 saturated carbocycles. The van der Waals surface area contributed by atoms with Crippen molar-refractivity contribution in [3.8, 4) is 0 Å². The van der Waals surface area contributed by atoms with Crippen molar-refractivity contribution in [1.82, 2.24) is 15.1 Å². The Morgan fingerprint density at radius 3 is 2.75 bits per heavy atom. The Hall–Kier alpha value is -0.870. The summed E-state index contributed by atoms with van der Waals surface area (Å²) in [5.74, 6) is 0.650. The molecular weight excluding hydrogens is 250 g/mol. The van der Waals surface area contributed by atoms with Crippen LogP contribution >= 0.6 is 0 Å². The predicted octanol–water partition coefficient (Wildman–Crippen LogP) is 2.57. The van der Waals surface area contributed by atoms with Gasteiger partial charge >= 0.3 is 0 Å². The number of aliphatic hydroxyl groups is 1. The fourth-order valence-electron chi connectivity index (χ4n) is 4.01. The molecule has 2 unspecified atom stereocenters. The van der Waals surface area contributed by atoms with Crippen LogP contribution < -0.4 is 5.32 Å². The molecule has 4 heteroatoms. The van der Waals surface area contributed by atoms with E-state index < -0.39 is 0 Å². The van der Waals surface area contributed by atoms with Gasteiger partial charge in [0.05, 0.1) is 12.8 Å². The molecule has 0 radical (unpaired) electrons. The van der Waals surface area contributed by atoms with E-state index >= 15 is 0 Å². The molecule has 1 fully saturated rings. The van der Waals surface area contributed by atoms with Gasteiger partial charge in [-0.1, -0.05) is 20.8 Å². The predicted molar refractivity (Wildman–Crippen MR) is 81.4 cm³/mol. The average Bonchev–Trinajstić information content (AvgIpc) is 2.82. The van der Waals surface area contributed by atoms with Crippen LogP contribution in [0.1, 0.15) is 52.5 Å². The van der Waals surface area contributed by atoms with E-state index in [0.717, 1.165) is 25.9 Å². The normalized spacial score (nSPS) is 29.6. The standard InChI is InChI=1S/C16H29N3O/c1-5-19-10-14(9-18-19)8-17-16(12-20)7-13(2)6-15(3,4)11-16/h9-10,13,17,20H,5-8,11-12H2,1-4H3. The summed E-state index contributed by atoms with van der Waals surface area (Å²) in [5.41, 5.74) is 1.34. The highest BCUT2D eigenvalue weighted by Crippen LogP contribution is 2.43. The third kappa shape index (κ3) is 3.61. The highest BCUT2D eigenvalue weighted by molar-refractivity contribution is 5.06. The van der Waals surface area contributed by atoms with Crippen molar-refractivity contribution < 1.29 is 5.11 Å². The maximum absolute atomic E-state index is 9.94. The van der Waals surface area contributed by atoms with Crippen LogP contribution in [0.3, 0.4) is 0 Å². The summed E-state index contributed by atoms with van der Waals surface area (Å²) in [7, 11) is 0. The van der Waals surface area contributed by atoms with E-state index in [1.165, 1.54) is 12.0 Å². The number of nitrogens with zero attached hydrogens (tertiary/aromatic N) is 2. The second-order valence-corrected chi connectivity index (χ2v) is 7.35. The number of nitrogens with one attached hydrogen (secondary N) is 1. The molecule has 114 valence electrons. The molecule has 0 bridgehead atoms. The van der Waals surface area contributed by atoms with Crippen LogP contribution in [0.5, 0.6) is 0 Å². The maximum Gasteiger partial charge on any atom is 0.0613 e. The third-order valence-electron chi connectivity index (χ3n) is 4.44. The Kier molecular flexibility index (Phi) is 4.55. The lowest BCUT2D eigenvalue weighted by Gasteiger charge is -2.47.